The molecule has 0 bridgehead atoms. The van der Waals surface area contributed by atoms with E-state index in [0.29, 0.717) is 12.1 Å². The Balaban J connectivity index is 1.75. The van der Waals surface area contributed by atoms with Gasteiger partial charge in [-0.25, -0.2) is 0 Å². The molecule has 0 unspecified atom stereocenters. The summed E-state index contributed by atoms with van der Waals surface area (Å²) in [5.74, 6) is 0. The maximum Gasteiger partial charge on any atom is 0.0641 e. The molecule has 92 valence electrons. The summed E-state index contributed by atoms with van der Waals surface area (Å²) in [7, 11) is 0. The highest BCUT2D eigenvalue weighted by Gasteiger charge is 2.12. The van der Waals surface area contributed by atoms with E-state index in [2.05, 4.69) is 41.8 Å². The first kappa shape index (κ1) is 12.3. The third-order valence-electron chi connectivity index (χ3n) is 3.08. The first-order valence-corrected chi connectivity index (χ1v) is 6.90. The number of hydrogen-bond donors (Lipinski definition) is 1. The van der Waals surface area contributed by atoms with Gasteiger partial charge in [0.1, 0.15) is 0 Å². The minimum Gasteiger partial charge on any atom is -0.312 e. The van der Waals surface area contributed by atoms with Crippen LogP contribution >= 0.6 is 11.3 Å². The molecule has 2 aromatic heterocycles. The molecular formula is C13H19N3S. The zero-order valence-corrected chi connectivity index (χ0v) is 11.2. The fourth-order valence-electron chi connectivity index (χ4n) is 1.80. The van der Waals surface area contributed by atoms with Crippen LogP contribution < -0.4 is 5.32 Å². The molecule has 0 aliphatic heterocycles. The second kappa shape index (κ2) is 5.98. The summed E-state index contributed by atoms with van der Waals surface area (Å²) in [6, 6.07) is 7.07. The Morgan fingerprint density at radius 3 is 2.94 bits per heavy atom. The van der Waals surface area contributed by atoms with Gasteiger partial charge in [0, 0.05) is 29.9 Å². The molecule has 4 heteroatoms. The second-order valence-electron chi connectivity index (χ2n) is 4.30. The monoisotopic (exact) mass is 249 g/mol. The van der Waals surface area contributed by atoms with Crippen LogP contribution in [0.2, 0.25) is 0 Å². The van der Waals surface area contributed by atoms with E-state index in [9.17, 15) is 0 Å². The maximum absolute atomic E-state index is 4.27. The molecule has 2 atom stereocenters. The molecule has 0 fully saturated rings. The van der Waals surface area contributed by atoms with E-state index in [0.717, 1.165) is 13.0 Å². The van der Waals surface area contributed by atoms with Gasteiger partial charge in [-0.15, -0.1) is 11.3 Å². The van der Waals surface area contributed by atoms with Gasteiger partial charge in [-0.2, -0.15) is 5.10 Å². The average molecular weight is 249 g/mol. The van der Waals surface area contributed by atoms with Crippen molar-refractivity contribution in [2.24, 2.45) is 0 Å². The highest BCUT2D eigenvalue weighted by atomic mass is 32.1. The quantitative estimate of drug-likeness (QED) is 0.853. The standard InChI is InChI=1S/C13H19N3S/c1-11(12(2)16-9-4-7-15-16)14-8-6-13-5-3-10-17-13/h3-5,7,9-12,14H,6,8H2,1-2H3/t11-,12+/m0/s1. The molecule has 17 heavy (non-hydrogen) atoms. The summed E-state index contributed by atoms with van der Waals surface area (Å²) in [4.78, 5) is 1.44. The molecule has 0 aromatic carbocycles. The predicted octanol–water partition coefficient (Wildman–Crippen LogP) is 2.73. The molecule has 0 aliphatic carbocycles. The van der Waals surface area contributed by atoms with Crippen LogP contribution in [-0.2, 0) is 6.42 Å². The van der Waals surface area contributed by atoms with Crippen LogP contribution in [0.5, 0.6) is 0 Å². The van der Waals surface area contributed by atoms with Gasteiger partial charge in [-0.05, 0) is 37.8 Å². The van der Waals surface area contributed by atoms with Crippen molar-refractivity contribution >= 4 is 11.3 Å². The molecule has 0 amide bonds. The number of aromatic nitrogens is 2. The van der Waals surface area contributed by atoms with Crippen LogP contribution in [0.3, 0.4) is 0 Å². The van der Waals surface area contributed by atoms with E-state index in [1.165, 1.54) is 4.88 Å². The first-order valence-electron chi connectivity index (χ1n) is 6.02. The van der Waals surface area contributed by atoms with Crippen molar-refractivity contribution in [3.05, 3.63) is 40.8 Å². The fourth-order valence-corrected chi connectivity index (χ4v) is 2.51. The molecule has 2 rings (SSSR count). The van der Waals surface area contributed by atoms with Crippen molar-refractivity contribution in [3.63, 3.8) is 0 Å². The number of nitrogens with zero attached hydrogens (tertiary/aromatic N) is 2. The highest BCUT2D eigenvalue weighted by molar-refractivity contribution is 7.09. The number of nitrogens with one attached hydrogen (secondary N) is 1. The average Bonchev–Trinajstić information content (AvgIpc) is 3.00. The zero-order valence-electron chi connectivity index (χ0n) is 10.3. The smallest absolute Gasteiger partial charge is 0.0641 e. The topological polar surface area (TPSA) is 29.9 Å². The van der Waals surface area contributed by atoms with Gasteiger partial charge in [0.15, 0.2) is 0 Å². The van der Waals surface area contributed by atoms with Gasteiger partial charge < -0.3 is 5.32 Å². The zero-order chi connectivity index (χ0) is 12.1. The molecular weight excluding hydrogens is 230 g/mol. The Labute approximate surface area is 106 Å². The van der Waals surface area contributed by atoms with E-state index < -0.39 is 0 Å². The molecule has 2 aromatic rings. The predicted molar refractivity (Wildman–Crippen MR) is 72.4 cm³/mol. The number of thiophene rings is 1. The first-order chi connectivity index (χ1) is 8.27. The third kappa shape index (κ3) is 3.41. The van der Waals surface area contributed by atoms with Crippen LogP contribution in [0.1, 0.15) is 24.8 Å². The van der Waals surface area contributed by atoms with E-state index in [1.54, 1.807) is 0 Å². The van der Waals surface area contributed by atoms with Gasteiger partial charge in [-0.3, -0.25) is 4.68 Å². The van der Waals surface area contributed by atoms with E-state index in [4.69, 9.17) is 0 Å². The second-order valence-corrected chi connectivity index (χ2v) is 5.33. The maximum atomic E-state index is 4.27. The number of rotatable bonds is 6. The van der Waals surface area contributed by atoms with E-state index in [1.807, 2.05) is 34.5 Å². The van der Waals surface area contributed by atoms with Gasteiger partial charge in [0.25, 0.3) is 0 Å². The Bertz CT molecular complexity index is 408. The summed E-state index contributed by atoms with van der Waals surface area (Å²) in [5, 5.41) is 9.96. The van der Waals surface area contributed by atoms with Gasteiger partial charge in [0.2, 0.25) is 0 Å². The summed E-state index contributed by atoms with van der Waals surface area (Å²) in [6.07, 6.45) is 4.95. The van der Waals surface area contributed by atoms with Crippen molar-refractivity contribution in [1.82, 2.24) is 15.1 Å². The minimum absolute atomic E-state index is 0.383. The fraction of sp³-hybridized carbons (Fsp3) is 0.462. The van der Waals surface area contributed by atoms with Crippen molar-refractivity contribution in [2.45, 2.75) is 32.4 Å². The molecule has 0 saturated carbocycles. The Kier molecular flexibility index (Phi) is 4.34. The summed E-state index contributed by atoms with van der Waals surface area (Å²) >= 11 is 1.82. The lowest BCUT2D eigenvalue weighted by molar-refractivity contribution is 0.368. The number of hydrogen-bond acceptors (Lipinski definition) is 3. The van der Waals surface area contributed by atoms with Crippen LogP contribution in [0.25, 0.3) is 0 Å². The lowest BCUT2D eigenvalue weighted by atomic mass is 10.1. The van der Waals surface area contributed by atoms with E-state index in [-0.39, 0.29) is 0 Å². The van der Waals surface area contributed by atoms with Crippen molar-refractivity contribution in [1.29, 1.82) is 0 Å². The summed E-state index contributed by atoms with van der Waals surface area (Å²) in [5.41, 5.74) is 0. The lowest BCUT2D eigenvalue weighted by Crippen LogP contribution is -2.35. The van der Waals surface area contributed by atoms with Crippen molar-refractivity contribution in [2.75, 3.05) is 6.54 Å². The third-order valence-corrected chi connectivity index (χ3v) is 4.02. The normalized spacial score (nSPS) is 14.7. The molecule has 1 N–H and O–H groups in total. The Morgan fingerprint density at radius 1 is 1.41 bits per heavy atom. The van der Waals surface area contributed by atoms with Crippen molar-refractivity contribution in [3.8, 4) is 0 Å². The van der Waals surface area contributed by atoms with E-state index >= 15 is 0 Å². The van der Waals surface area contributed by atoms with Gasteiger partial charge >= 0.3 is 0 Å². The highest BCUT2D eigenvalue weighted by Crippen LogP contribution is 2.11. The van der Waals surface area contributed by atoms with Crippen LogP contribution in [0.15, 0.2) is 36.0 Å². The SMILES string of the molecule is C[C@H](NCCc1cccs1)[C@@H](C)n1cccn1. The summed E-state index contributed by atoms with van der Waals surface area (Å²) < 4.78 is 2.00. The van der Waals surface area contributed by atoms with Gasteiger partial charge in [-0.1, -0.05) is 6.07 Å². The molecule has 0 spiro atoms. The van der Waals surface area contributed by atoms with Crippen molar-refractivity contribution < 1.29 is 0 Å². The largest absolute Gasteiger partial charge is 0.312 e. The lowest BCUT2D eigenvalue weighted by Gasteiger charge is -2.21. The molecule has 2 heterocycles. The van der Waals surface area contributed by atoms with Crippen LogP contribution in [-0.4, -0.2) is 22.4 Å². The minimum atomic E-state index is 0.383. The molecule has 0 saturated heterocycles. The molecule has 0 radical (unpaired) electrons. The Morgan fingerprint density at radius 2 is 2.29 bits per heavy atom. The Hall–Kier alpha value is -1.13. The van der Waals surface area contributed by atoms with Gasteiger partial charge in [0.05, 0.1) is 6.04 Å². The molecule has 3 nitrogen and oxygen atoms in total. The summed E-state index contributed by atoms with van der Waals surface area (Å²) in [6.45, 7) is 5.42. The van der Waals surface area contributed by atoms with Crippen LogP contribution in [0, 0.1) is 0 Å². The molecule has 0 aliphatic rings. The van der Waals surface area contributed by atoms with Crippen LogP contribution in [0.4, 0.5) is 0 Å².